The summed E-state index contributed by atoms with van der Waals surface area (Å²) in [6.45, 7) is -0.501. The van der Waals surface area contributed by atoms with Gasteiger partial charge in [-0.25, -0.2) is 8.78 Å². The van der Waals surface area contributed by atoms with E-state index in [9.17, 15) is 25.9 Å². The fraction of sp³-hybridized carbons (Fsp3) is 0.300. The van der Waals surface area contributed by atoms with Crippen molar-refractivity contribution in [1.29, 1.82) is 0 Å². The van der Waals surface area contributed by atoms with Gasteiger partial charge in [-0.1, -0.05) is 0 Å². The van der Waals surface area contributed by atoms with Crippen molar-refractivity contribution in [2.45, 2.75) is 11.7 Å². The number of carbonyl (C=O) groups excluding carboxylic acids is 1. The molecule has 1 saturated heterocycles. The van der Waals surface area contributed by atoms with Gasteiger partial charge in [-0.05, 0) is 22.0 Å². The molecule has 4 nitrogen and oxygen atoms in total. The molecule has 1 aromatic carbocycles. The molecule has 1 aromatic rings. The lowest BCUT2D eigenvalue weighted by atomic mass is 10.2. The molecule has 9 heteroatoms. The first-order valence-corrected chi connectivity index (χ1v) is 7.32. The van der Waals surface area contributed by atoms with Crippen molar-refractivity contribution < 1.29 is 25.9 Å². The molecule has 0 saturated carbocycles. The summed E-state index contributed by atoms with van der Waals surface area (Å²) in [5.74, 6) is -2.62. The number of rotatable bonds is 2. The molecule has 0 bridgehead atoms. The van der Waals surface area contributed by atoms with E-state index in [0.29, 0.717) is 6.07 Å². The summed E-state index contributed by atoms with van der Waals surface area (Å²) in [7, 11) is -4.88. The van der Waals surface area contributed by atoms with Crippen LogP contribution in [0.3, 0.4) is 0 Å². The lowest BCUT2D eigenvalue weighted by molar-refractivity contribution is -0.117. The number of halogens is 4. The zero-order chi connectivity index (χ0) is 14.4. The van der Waals surface area contributed by atoms with Crippen molar-refractivity contribution in [2.24, 2.45) is 0 Å². The van der Waals surface area contributed by atoms with E-state index in [1.54, 1.807) is 0 Å². The molecule has 1 aliphatic rings. The lowest BCUT2D eigenvalue weighted by Crippen LogP contribution is -2.28. The number of benzene rings is 1. The van der Waals surface area contributed by atoms with Gasteiger partial charge in [0, 0.05) is 23.5 Å². The molecule has 0 radical (unpaired) electrons. The van der Waals surface area contributed by atoms with Gasteiger partial charge < -0.3 is 4.90 Å². The van der Waals surface area contributed by atoms with Crippen molar-refractivity contribution in [2.75, 3.05) is 11.4 Å². The molecule has 104 valence electrons. The third-order valence-corrected chi connectivity index (χ3v) is 4.46. The van der Waals surface area contributed by atoms with Gasteiger partial charge in [-0.15, -0.1) is 3.89 Å². The van der Waals surface area contributed by atoms with Crippen LogP contribution in [0.15, 0.2) is 16.6 Å². The first kappa shape index (κ1) is 14.3. The van der Waals surface area contributed by atoms with Gasteiger partial charge in [0.2, 0.25) is 5.91 Å². The number of hydrogen-bond donors (Lipinski definition) is 0. The maximum absolute atomic E-state index is 13.7. The molecule has 0 aliphatic carbocycles. The second-order valence-corrected chi connectivity index (χ2v) is 6.50. The Hall–Kier alpha value is -1.09. The smallest absolute Gasteiger partial charge is 0.307 e. The van der Waals surface area contributed by atoms with Crippen molar-refractivity contribution in [3.8, 4) is 0 Å². The minimum absolute atomic E-state index is 0.0461. The zero-order valence-corrected chi connectivity index (χ0v) is 11.6. The Morgan fingerprint density at radius 2 is 1.95 bits per heavy atom. The number of nitrogens with zero attached hydrogens (tertiary/aromatic N) is 1. The van der Waals surface area contributed by atoms with Gasteiger partial charge in [-0.2, -0.15) is 8.42 Å². The number of amides is 1. The van der Waals surface area contributed by atoms with E-state index in [4.69, 9.17) is 0 Å². The molecule has 1 unspecified atom stereocenters. The van der Waals surface area contributed by atoms with Gasteiger partial charge in [0.25, 0.3) is 0 Å². The Labute approximate surface area is 115 Å². The Kier molecular flexibility index (Phi) is 3.61. The molecule has 1 fully saturated rings. The first-order valence-electron chi connectivity index (χ1n) is 5.08. The average molecular weight is 358 g/mol. The Balaban J connectivity index is 2.42. The van der Waals surface area contributed by atoms with Crippen LogP contribution in [0.1, 0.15) is 6.42 Å². The molecular weight excluding hydrogens is 351 g/mol. The summed E-state index contributed by atoms with van der Waals surface area (Å²) < 4.78 is 60.9. The Morgan fingerprint density at radius 3 is 2.42 bits per heavy atom. The topological polar surface area (TPSA) is 54.5 Å². The SMILES string of the molecule is O=C1CC(S(=O)(=O)F)CN1c1c(F)cc(F)cc1Br. The largest absolute Gasteiger partial charge is 0.307 e. The van der Waals surface area contributed by atoms with E-state index in [-0.39, 0.29) is 10.2 Å². The third-order valence-electron chi connectivity index (χ3n) is 2.74. The molecule has 1 aliphatic heterocycles. The van der Waals surface area contributed by atoms with E-state index in [1.165, 1.54) is 0 Å². The molecule has 19 heavy (non-hydrogen) atoms. The highest BCUT2D eigenvalue weighted by atomic mass is 79.9. The molecule has 1 atom stereocenters. The maximum atomic E-state index is 13.7. The van der Waals surface area contributed by atoms with Crippen molar-refractivity contribution >= 4 is 37.7 Å². The molecule has 2 rings (SSSR count). The molecule has 0 spiro atoms. The van der Waals surface area contributed by atoms with Crippen molar-refractivity contribution in [3.05, 3.63) is 28.2 Å². The fourth-order valence-electron chi connectivity index (χ4n) is 1.87. The summed E-state index contributed by atoms with van der Waals surface area (Å²) in [5.41, 5.74) is -0.294. The number of anilines is 1. The van der Waals surface area contributed by atoms with Crippen LogP contribution >= 0.6 is 15.9 Å². The molecule has 0 N–H and O–H groups in total. The van der Waals surface area contributed by atoms with Crippen molar-refractivity contribution in [1.82, 2.24) is 0 Å². The zero-order valence-electron chi connectivity index (χ0n) is 9.24. The van der Waals surface area contributed by atoms with E-state index >= 15 is 0 Å². The molecule has 1 heterocycles. The minimum Gasteiger partial charge on any atom is -0.307 e. The Morgan fingerprint density at radius 1 is 1.32 bits per heavy atom. The predicted molar refractivity (Wildman–Crippen MR) is 64.8 cm³/mol. The van der Waals surface area contributed by atoms with E-state index < -0.39 is 46.0 Å². The van der Waals surface area contributed by atoms with Crippen LogP contribution < -0.4 is 4.90 Å². The molecular formula is C10H7BrF3NO3S. The van der Waals surface area contributed by atoms with E-state index in [0.717, 1.165) is 11.0 Å². The van der Waals surface area contributed by atoms with Gasteiger partial charge in [0.15, 0.2) is 5.82 Å². The standard InChI is InChI=1S/C10H7BrF3NO3S/c11-7-1-5(12)2-8(13)10(7)15-4-6(3-9(15)16)19(14,17)18/h1-2,6H,3-4H2. The van der Waals surface area contributed by atoms with Gasteiger partial charge >= 0.3 is 10.2 Å². The van der Waals surface area contributed by atoms with Gasteiger partial charge in [0.05, 0.1) is 5.69 Å². The highest BCUT2D eigenvalue weighted by Crippen LogP contribution is 2.34. The second-order valence-electron chi connectivity index (χ2n) is 4.02. The monoisotopic (exact) mass is 357 g/mol. The van der Waals surface area contributed by atoms with Crippen LogP contribution in [0, 0.1) is 11.6 Å². The fourth-order valence-corrected chi connectivity index (χ4v) is 3.16. The Bertz CT molecular complexity index is 626. The van der Waals surface area contributed by atoms with Crippen molar-refractivity contribution in [3.63, 3.8) is 0 Å². The normalized spacial score (nSPS) is 20.1. The minimum atomic E-state index is -4.88. The predicted octanol–water partition coefficient (Wildman–Crippen LogP) is 2.13. The summed E-state index contributed by atoms with van der Waals surface area (Å²) in [4.78, 5) is 12.4. The average Bonchev–Trinajstić information content (AvgIpc) is 2.59. The van der Waals surface area contributed by atoms with Crippen LogP contribution in [-0.4, -0.2) is 26.1 Å². The van der Waals surface area contributed by atoms with Crippen LogP contribution in [-0.2, 0) is 15.0 Å². The van der Waals surface area contributed by atoms with Crippen LogP contribution in [0.5, 0.6) is 0 Å². The summed E-state index contributed by atoms with van der Waals surface area (Å²) in [5, 5.41) is -1.53. The molecule has 0 aromatic heterocycles. The quantitative estimate of drug-likeness (QED) is 0.762. The van der Waals surface area contributed by atoms with Gasteiger partial charge in [0.1, 0.15) is 11.1 Å². The number of hydrogen-bond acceptors (Lipinski definition) is 3. The summed E-state index contributed by atoms with van der Waals surface area (Å²) in [6.07, 6.45) is -0.567. The lowest BCUT2D eigenvalue weighted by Gasteiger charge is -2.18. The van der Waals surface area contributed by atoms with Crippen LogP contribution in [0.4, 0.5) is 18.4 Å². The second kappa shape index (κ2) is 4.78. The van der Waals surface area contributed by atoms with Crippen LogP contribution in [0.2, 0.25) is 0 Å². The van der Waals surface area contributed by atoms with E-state index in [2.05, 4.69) is 15.9 Å². The summed E-state index contributed by atoms with van der Waals surface area (Å²) in [6, 6.07) is 1.49. The van der Waals surface area contributed by atoms with Crippen LogP contribution in [0.25, 0.3) is 0 Å². The summed E-state index contributed by atoms with van der Waals surface area (Å²) >= 11 is 2.89. The van der Waals surface area contributed by atoms with Gasteiger partial charge in [-0.3, -0.25) is 4.79 Å². The maximum Gasteiger partial charge on any atom is 0.307 e. The highest BCUT2D eigenvalue weighted by Gasteiger charge is 2.40. The molecule has 1 amide bonds. The number of carbonyl (C=O) groups is 1. The first-order chi connectivity index (χ1) is 8.70. The van der Waals surface area contributed by atoms with E-state index in [1.807, 2.05) is 0 Å². The highest BCUT2D eigenvalue weighted by molar-refractivity contribution is 9.10. The third kappa shape index (κ3) is 2.76.